The van der Waals surface area contributed by atoms with Gasteiger partial charge in [-0.25, -0.2) is 0 Å². The number of benzene rings is 4. The highest BCUT2D eigenvalue weighted by atomic mass is 32.1. The van der Waals surface area contributed by atoms with Gasteiger partial charge in [0.25, 0.3) is 0 Å². The van der Waals surface area contributed by atoms with Crippen molar-refractivity contribution in [1.29, 1.82) is 0 Å². The normalized spacial score (nSPS) is 11.4. The van der Waals surface area contributed by atoms with Gasteiger partial charge >= 0.3 is 0 Å². The zero-order valence-corrected chi connectivity index (χ0v) is 20.3. The Morgan fingerprint density at radius 1 is 0.750 bits per heavy atom. The third-order valence-corrected chi connectivity index (χ3v) is 6.19. The first-order valence-corrected chi connectivity index (χ1v) is 12.0. The SMILES string of the molecule is NC(=S)NN=Cc1ccc(-c2ccn(C(c3ccccc3)(c3ccccc3)c3ccccc3)n2)cc1. The van der Waals surface area contributed by atoms with Crippen LogP contribution in [0, 0.1) is 0 Å². The van der Waals surface area contributed by atoms with E-state index in [0.29, 0.717) is 0 Å². The summed E-state index contributed by atoms with van der Waals surface area (Å²) in [6, 6.07) is 41.7. The molecule has 6 heteroatoms. The second-order valence-electron chi connectivity index (χ2n) is 8.31. The Morgan fingerprint density at radius 3 is 1.72 bits per heavy atom. The molecule has 5 nitrogen and oxygen atoms in total. The van der Waals surface area contributed by atoms with Crippen LogP contribution in [-0.2, 0) is 5.54 Å². The van der Waals surface area contributed by atoms with Crippen molar-refractivity contribution in [2.75, 3.05) is 0 Å². The fourth-order valence-corrected chi connectivity index (χ4v) is 4.56. The van der Waals surface area contributed by atoms with E-state index in [1.807, 2.05) is 42.5 Å². The van der Waals surface area contributed by atoms with Crippen molar-refractivity contribution in [3.63, 3.8) is 0 Å². The van der Waals surface area contributed by atoms with Crippen LogP contribution >= 0.6 is 12.2 Å². The molecule has 1 aromatic heterocycles. The lowest BCUT2D eigenvalue weighted by Crippen LogP contribution is -2.38. The van der Waals surface area contributed by atoms with E-state index in [2.05, 4.69) is 100 Å². The van der Waals surface area contributed by atoms with E-state index in [1.54, 1.807) is 6.21 Å². The second kappa shape index (κ2) is 10.4. The average Bonchev–Trinajstić information content (AvgIpc) is 3.42. The smallest absolute Gasteiger partial charge is 0.184 e. The fraction of sp³-hybridized carbons (Fsp3) is 0.0333. The maximum Gasteiger partial charge on any atom is 0.184 e. The summed E-state index contributed by atoms with van der Waals surface area (Å²) in [5.74, 6) is 0. The summed E-state index contributed by atoms with van der Waals surface area (Å²) in [7, 11) is 0. The van der Waals surface area contributed by atoms with Gasteiger partial charge < -0.3 is 5.73 Å². The van der Waals surface area contributed by atoms with Crippen LogP contribution in [0.3, 0.4) is 0 Å². The van der Waals surface area contributed by atoms with E-state index < -0.39 is 5.54 Å². The highest BCUT2D eigenvalue weighted by Gasteiger charge is 2.39. The molecule has 3 N–H and O–H groups in total. The average molecular weight is 488 g/mol. The van der Waals surface area contributed by atoms with E-state index in [4.69, 9.17) is 23.1 Å². The number of hydrazone groups is 1. The van der Waals surface area contributed by atoms with Gasteiger partial charge in [-0.05, 0) is 40.5 Å². The number of nitrogens with zero attached hydrogens (tertiary/aromatic N) is 3. The van der Waals surface area contributed by atoms with Crippen LogP contribution in [0.5, 0.6) is 0 Å². The molecule has 0 aliphatic carbocycles. The van der Waals surface area contributed by atoms with Gasteiger partial charge in [0, 0.05) is 11.8 Å². The number of thiocarbonyl (C=S) groups is 1. The molecule has 0 aliphatic rings. The maximum absolute atomic E-state index is 5.42. The monoisotopic (exact) mass is 487 g/mol. The van der Waals surface area contributed by atoms with Crippen molar-refractivity contribution >= 4 is 23.5 Å². The fourth-order valence-electron chi connectivity index (χ4n) is 4.51. The molecule has 0 saturated carbocycles. The molecule has 0 aliphatic heterocycles. The van der Waals surface area contributed by atoms with Crippen LogP contribution < -0.4 is 11.2 Å². The van der Waals surface area contributed by atoms with Gasteiger partial charge in [-0.1, -0.05) is 115 Å². The van der Waals surface area contributed by atoms with Gasteiger partial charge in [0.05, 0.1) is 11.9 Å². The highest BCUT2D eigenvalue weighted by Crippen LogP contribution is 2.40. The lowest BCUT2D eigenvalue weighted by atomic mass is 9.77. The van der Waals surface area contributed by atoms with Gasteiger partial charge in [0.2, 0.25) is 0 Å². The van der Waals surface area contributed by atoms with Gasteiger partial charge in [0.1, 0.15) is 5.54 Å². The van der Waals surface area contributed by atoms with Crippen LogP contribution in [0.15, 0.2) is 133 Å². The lowest BCUT2D eigenvalue weighted by molar-refractivity contribution is 0.461. The molecular weight excluding hydrogens is 462 g/mol. The summed E-state index contributed by atoms with van der Waals surface area (Å²) in [6.07, 6.45) is 3.73. The molecule has 1 heterocycles. The van der Waals surface area contributed by atoms with Crippen molar-refractivity contribution in [2.45, 2.75) is 5.54 Å². The molecule has 5 rings (SSSR count). The summed E-state index contributed by atoms with van der Waals surface area (Å²) < 4.78 is 2.07. The van der Waals surface area contributed by atoms with Crippen molar-refractivity contribution in [3.05, 3.63) is 150 Å². The van der Waals surface area contributed by atoms with Crippen LogP contribution in [0.4, 0.5) is 0 Å². The minimum absolute atomic E-state index is 0.132. The Morgan fingerprint density at radius 2 is 1.25 bits per heavy atom. The van der Waals surface area contributed by atoms with Gasteiger partial charge in [0.15, 0.2) is 5.11 Å². The van der Waals surface area contributed by atoms with Crippen LogP contribution in [0.2, 0.25) is 0 Å². The van der Waals surface area contributed by atoms with E-state index in [0.717, 1.165) is 33.5 Å². The predicted molar refractivity (Wildman–Crippen MR) is 150 cm³/mol. The van der Waals surface area contributed by atoms with E-state index in [1.165, 1.54) is 0 Å². The summed E-state index contributed by atoms with van der Waals surface area (Å²) in [5.41, 5.74) is 13.6. The van der Waals surface area contributed by atoms with Crippen molar-refractivity contribution < 1.29 is 0 Å². The molecule has 0 saturated heterocycles. The molecule has 4 aromatic carbocycles. The van der Waals surface area contributed by atoms with Gasteiger partial charge in [-0.15, -0.1) is 0 Å². The molecule has 0 spiro atoms. The molecule has 5 aromatic rings. The zero-order chi connectivity index (χ0) is 24.8. The first-order valence-electron chi connectivity index (χ1n) is 11.6. The Labute approximate surface area is 215 Å². The topological polar surface area (TPSA) is 68.2 Å². The third kappa shape index (κ3) is 4.54. The van der Waals surface area contributed by atoms with Crippen molar-refractivity contribution in [2.24, 2.45) is 10.8 Å². The first kappa shape index (κ1) is 23.2. The Bertz CT molecular complexity index is 1360. The second-order valence-corrected chi connectivity index (χ2v) is 8.75. The Kier molecular flexibility index (Phi) is 6.69. The minimum atomic E-state index is -0.638. The minimum Gasteiger partial charge on any atom is -0.375 e. The van der Waals surface area contributed by atoms with Crippen LogP contribution in [0.25, 0.3) is 11.3 Å². The van der Waals surface area contributed by atoms with E-state index >= 15 is 0 Å². The highest BCUT2D eigenvalue weighted by molar-refractivity contribution is 7.80. The molecule has 0 atom stereocenters. The molecular formula is C30H25N5S. The Hall–Kier alpha value is -4.55. The molecule has 0 radical (unpaired) electrons. The summed E-state index contributed by atoms with van der Waals surface area (Å²) in [5, 5.41) is 9.29. The lowest BCUT2D eigenvalue weighted by Gasteiger charge is -2.36. The molecule has 0 amide bonds. The van der Waals surface area contributed by atoms with E-state index in [9.17, 15) is 0 Å². The number of rotatable bonds is 7. The first-order chi connectivity index (χ1) is 17.7. The maximum atomic E-state index is 5.42. The zero-order valence-electron chi connectivity index (χ0n) is 19.5. The number of aromatic nitrogens is 2. The van der Waals surface area contributed by atoms with Gasteiger partial charge in [-0.3, -0.25) is 10.1 Å². The molecule has 36 heavy (non-hydrogen) atoms. The third-order valence-electron chi connectivity index (χ3n) is 6.10. The van der Waals surface area contributed by atoms with Crippen LogP contribution in [-0.4, -0.2) is 21.1 Å². The number of nitrogens with two attached hydrogens (primary N) is 1. The summed E-state index contributed by atoms with van der Waals surface area (Å²) >= 11 is 4.78. The van der Waals surface area contributed by atoms with Crippen LogP contribution in [0.1, 0.15) is 22.3 Å². The van der Waals surface area contributed by atoms with Gasteiger partial charge in [-0.2, -0.15) is 10.2 Å². The Balaban J connectivity index is 1.63. The molecule has 0 fully saturated rings. The number of hydrogen-bond acceptors (Lipinski definition) is 3. The number of hydrogen-bond donors (Lipinski definition) is 2. The number of nitrogens with one attached hydrogen (secondary N) is 1. The molecule has 176 valence electrons. The molecule has 0 bridgehead atoms. The van der Waals surface area contributed by atoms with Crippen molar-refractivity contribution in [3.8, 4) is 11.3 Å². The summed E-state index contributed by atoms with van der Waals surface area (Å²) in [6.45, 7) is 0. The quantitative estimate of drug-likeness (QED) is 0.137. The molecule has 0 unspecified atom stereocenters. The van der Waals surface area contributed by atoms with E-state index in [-0.39, 0.29) is 5.11 Å². The van der Waals surface area contributed by atoms with Crippen molar-refractivity contribution in [1.82, 2.24) is 15.2 Å². The summed E-state index contributed by atoms with van der Waals surface area (Å²) in [4.78, 5) is 0. The predicted octanol–water partition coefficient (Wildman–Crippen LogP) is 5.56. The largest absolute Gasteiger partial charge is 0.375 e. The standard InChI is InChI=1S/C30H25N5S/c31-29(36)33-32-22-23-16-18-24(19-17-23)28-20-21-35(34-28)30(25-10-4-1-5-11-25,26-12-6-2-7-13-26)27-14-8-3-9-15-27/h1-22H,(H3,31,33,36).